The Morgan fingerprint density at radius 2 is 2.16 bits per heavy atom. The Bertz CT molecular complexity index is 882. The molecule has 1 atom stereocenters. The van der Waals surface area contributed by atoms with Gasteiger partial charge in [-0.25, -0.2) is 14.6 Å². The number of aromatic nitrogens is 4. The molecule has 0 saturated heterocycles. The van der Waals surface area contributed by atoms with Gasteiger partial charge in [0.25, 0.3) is 5.91 Å². The molecule has 8 heteroatoms. The van der Waals surface area contributed by atoms with E-state index < -0.39 is 0 Å². The van der Waals surface area contributed by atoms with Crippen molar-refractivity contribution < 1.29 is 14.3 Å². The summed E-state index contributed by atoms with van der Waals surface area (Å²) in [5.74, 6) is 1.71. The van der Waals surface area contributed by atoms with Crippen molar-refractivity contribution in [3.8, 4) is 17.3 Å². The molecule has 1 aromatic carbocycles. The quantitative estimate of drug-likeness (QED) is 0.770. The Labute approximate surface area is 143 Å². The number of para-hydroxylation sites is 2. The molecule has 2 aromatic heterocycles. The van der Waals surface area contributed by atoms with E-state index in [9.17, 15) is 4.79 Å². The first kappa shape index (κ1) is 15.1. The molecule has 126 valence electrons. The number of benzene rings is 1. The number of ether oxygens (including phenoxy) is 2. The molecule has 3 heterocycles. The van der Waals surface area contributed by atoms with Gasteiger partial charge in [-0.3, -0.25) is 4.79 Å². The van der Waals surface area contributed by atoms with Crippen molar-refractivity contribution >= 4 is 5.91 Å². The second kappa shape index (κ2) is 6.60. The van der Waals surface area contributed by atoms with Gasteiger partial charge < -0.3 is 14.8 Å². The fourth-order valence-corrected chi connectivity index (χ4v) is 2.48. The van der Waals surface area contributed by atoms with Gasteiger partial charge in [-0.15, -0.1) is 0 Å². The second-order valence-electron chi connectivity index (χ2n) is 5.45. The number of rotatable bonds is 4. The standard InChI is InChI=1S/C17H15N5O3/c23-17(12-5-6-19-16(7-12)22-11-18-10-21-22)20-8-13-9-24-14-3-1-2-4-15(14)25-13/h1-7,10-11,13H,8-9H2,(H,20,23). The third kappa shape index (κ3) is 3.27. The summed E-state index contributed by atoms with van der Waals surface area (Å²) in [6.07, 6.45) is 4.25. The van der Waals surface area contributed by atoms with Crippen LogP contribution in [0.3, 0.4) is 0 Å². The average molecular weight is 337 g/mol. The monoisotopic (exact) mass is 337 g/mol. The van der Waals surface area contributed by atoms with Crippen LogP contribution in [0.4, 0.5) is 0 Å². The summed E-state index contributed by atoms with van der Waals surface area (Å²) in [5, 5.41) is 6.86. The van der Waals surface area contributed by atoms with Gasteiger partial charge in [0, 0.05) is 11.8 Å². The highest BCUT2D eigenvalue weighted by atomic mass is 16.6. The lowest BCUT2D eigenvalue weighted by Crippen LogP contribution is -2.40. The maximum atomic E-state index is 12.4. The minimum atomic E-state index is -0.240. The number of nitrogens with zero attached hydrogens (tertiary/aromatic N) is 4. The highest BCUT2D eigenvalue weighted by Crippen LogP contribution is 2.30. The van der Waals surface area contributed by atoms with Crippen molar-refractivity contribution in [2.45, 2.75) is 6.10 Å². The summed E-state index contributed by atoms with van der Waals surface area (Å²) in [7, 11) is 0. The van der Waals surface area contributed by atoms with Crippen LogP contribution < -0.4 is 14.8 Å². The Kier molecular flexibility index (Phi) is 3.99. The number of hydrogen-bond acceptors (Lipinski definition) is 6. The molecule has 1 N–H and O–H groups in total. The molecule has 1 aliphatic heterocycles. The van der Waals surface area contributed by atoms with E-state index in [1.165, 1.54) is 17.3 Å². The van der Waals surface area contributed by atoms with Gasteiger partial charge in [-0.05, 0) is 24.3 Å². The number of nitrogens with one attached hydrogen (secondary N) is 1. The maximum Gasteiger partial charge on any atom is 0.251 e. The van der Waals surface area contributed by atoms with Crippen molar-refractivity contribution in [1.82, 2.24) is 25.1 Å². The van der Waals surface area contributed by atoms with E-state index in [1.807, 2.05) is 24.3 Å². The molecule has 1 amide bonds. The van der Waals surface area contributed by atoms with Gasteiger partial charge in [-0.1, -0.05) is 12.1 Å². The second-order valence-corrected chi connectivity index (χ2v) is 5.45. The van der Waals surface area contributed by atoms with Gasteiger partial charge in [0.15, 0.2) is 17.3 Å². The molecule has 0 bridgehead atoms. The first-order valence-corrected chi connectivity index (χ1v) is 7.77. The maximum absolute atomic E-state index is 12.4. The Morgan fingerprint density at radius 1 is 1.28 bits per heavy atom. The molecule has 0 saturated carbocycles. The molecule has 1 unspecified atom stereocenters. The van der Waals surface area contributed by atoms with Crippen LogP contribution in [-0.2, 0) is 0 Å². The predicted molar refractivity (Wildman–Crippen MR) is 87.8 cm³/mol. The summed E-state index contributed by atoms with van der Waals surface area (Å²) in [6, 6.07) is 10.8. The van der Waals surface area contributed by atoms with Crippen LogP contribution >= 0.6 is 0 Å². The first-order valence-electron chi connectivity index (χ1n) is 7.77. The molecule has 0 radical (unpaired) electrons. The summed E-state index contributed by atoms with van der Waals surface area (Å²) in [5.41, 5.74) is 0.484. The highest BCUT2D eigenvalue weighted by Gasteiger charge is 2.21. The summed E-state index contributed by atoms with van der Waals surface area (Å²) in [6.45, 7) is 0.728. The minimum Gasteiger partial charge on any atom is -0.486 e. The average Bonchev–Trinajstić information content (AvgIpc) is 3.21. The number of carbonyl (C=O) groups is 1. The van der Waals surface area contributed by atoms with Gasteiger partial charge >= 0.3 is 0 Å². The van der Waals surface area contributed by atoms with Gasteiger partial charge in [-0.2, -0.15) is 5.10 Å². The first-order chi connectivity index (χ1) is 12.3. The molecule has 0 aliphatic carbocycles. The molecule has 3 aromatic rings. The minimum absolute atomic E-state index is 0.216. The SMILES string of the molecule is O=C(NCC1COc2ccccc2O1)c1ccnc(-n2cncn2)c1. The summed E-state index contributed by atoms with van der Waals surface area (Å²) < 4.78 is 13.0. The molecule has 25 heavy (non-hydrogen) atoms. The lowest BCUT2D eigenvalue weighted by atomic mass is 10.2. The van der Waals surface area contributed by atoms with E-state index in [0.717, 1.165) is 5.75 Å². The largest absolute Gasteiger partial charge is 0.486 e. The predicted octanol–water partition coefficient (Wildman–Crippen LogP) is 1.23. The molecule has 0 spiro atoms. The van der Waals surface area contributed by atoms with Crippen LogP contribution in [0.5, 0.6) is 11.5 Å². The Balaban J connectivity index is 1.39. The zero-order valence-electron chi connectivity index (χ0n) is 13.2. The number of pyridine rings is 1. The fourth-order valence-electron chi connectivity index (χ4n) is 2.48. The Hall–Kier alpha value is -3.42. The summed E-state index contributed by atoms with van der Waals surface area (Å²) >= 11 is 0. The lowest BCUT2D eigenvalue weighted by Gasteiger charge is -2.26. The lowest BCUT2D eigenvalue weighted by molar-refractivity contribution is 0.0789. The molecule has 1 aliphatic rings. The summed E-state index contributed by atoms with van der Waals surface area (Å²) in [4.78, 5) is 20.4. The van der Waals surface area contributed by atoms with Crippen molar-refractivity contribution in [1.29, 1.82) is 0 Å². The number of hydrogen-bond donors (Lipinski definition) is 1. The topological polar surface area (TPSA) is 91.2 Å². The smallest absolute Gasteiger partial charge is 0.251 e. The van der Waals surface area contributed by atoms with Gasteiger partial charge in [0.2, 0.25) is 0 Å². The van der Waals surface area contributed by atoms with Crippen molar-refractivity contribution in [2.24, 2.45) is 0 Å². The molecule has 8 nitrogen and oxygen atoms in total. The zero-order valence-corrected chi connectivity index (χ0v) is 13.2. The van der Waals surface area contributed by atoms with Gasteiger partial charge in [0.05, 0.1) is 6.54 Å². The molecular formula is C17H15N5O3. The van der Waals surface area contributed by atoms with Gasteiger partial charge in [0.1, 0.15) is 25.4 Å². The normalized spacial score (nSPS) is 15.6. The molecule has 0 fully saturated rings. The van der Waals surface area contributed by atoms with E-state index in [2.05, 4.69) is 20.4 Å². The van der Waals surface area contributed by atoms with Crippen molar-refractivity contribution in [3.05, 3.63) is 60.8 Å². The zero-order chi connectivity index (χ0) is 17.1. The third-order valence-electron chi connectivity index (χ3n) is 3.72. The van der Waals surface area contributed by atoms with E-state index in [4.69, 9.17) is 9.47 Å². The number of fused-ring (bicyclic) bond motifs is 1. The van der Waals surface area contributed by atoms with Crippen molar-refractivity contribution in [3.63, 3.8) is 0 Å². The molecule has 4 rings (SSSR count). The number of amides is 1. The van der Waals surface area contributed by atoms with Crippen molar-refractivity contribution in [2.75, 3.05) is 13.2 Å². The van der Waals surface area contributed by atoms with Crippen LogP contribution in [-0.4, -0.2) is 44.9 Å². The molecular weight excluding hydrogens is 322 g/mol. The van der Waals surface area contributed by atoms with E-state index >= 15 is 0 Å². The fraction of sp³-hybridized carbons (Fsp3) is 0.176. The van der Waals surface area contributed by atoms with Crippen LogP contribution in [0.2, 0.25) is 0 Å². The van der Waals surface area contributed by atoms with E-state index in [0.29, 0.717) is 30.3 Å². The van der Waals surface area contributed by atoms with E-state index in [1.54, 1.807) is 18.3 Å². The van der Waals surface area contributed by atoms with Crippen LogP contribution in [0.25, 0.3) is 5.82 Å². The highest BCUT2D eigenvalue weighted by molar-refractivity contribution is 5.94. The van der Waals surface area contributed by atoms with Crippen LogP contribution in [0.1, 0.15) is 10.4 Å². The van der Waals surface area contributed by atoms with Crippen LogP contribution in [0.15, 0.2) is 55.2 Å². The van der Waals surface area contributed by atoms with Crippen LogP contribution in [0, 0.1) is 0 Å². The Morgan fingerprint density at radius 3 is 3.00 bits per heavy atom. The number of carbonyl (C=O) groups excluding carboxylic acids is 1. The van der Waals surface area contributed by atoms with E-state index in [-0.39, 0.29) is 12.0 Å². The third-order valence-corrected chi connectivity index (χ3v) is 3.72.